The summed E-state index contributed by atoms with van der Waals surface area (Å²) in [7, 11) is 0. The van der Waals surface area contributed by atoms with Gasteiger partial charge in [0.25, 0.3) is 0 Å². The molecule has 0 aliphatic heterocycles. The van der Waals surface area contributed by atoms with E-state index in [1.807, 2.05) is 31.2 Å². The Morgan fingerprint density at radius 2 is 1.70 bits per heavy atom. The first-order chi connectivity index (χ1) is 9.45. The van der Waals surface area contributed by atoms with Crippen LogP contribution in [0.25, 0.3) is 0 Å². The van der Waals surface area contributed by atoms with Gasteiger partial charge in [0, 0.05) is 10.7 Å². The second kappa shape index (κ2) is 6.10. The van der Waals surface area contributed by atoms with Crippen molar-refractivity contribution in [3.63, 3.8) is 0 Å². The van der Waals surface area contributed by atoms with Crippen LogP contribution in [0.4, 0.5) is 5.69 Å². The maximum Gasteiger partial charge on any atom is 0.228 e. The number of aryl methyl sites for hydroxylation is 3. The number of benzene rings is 2. The summed E-state index contributed by atoms with van der Waals surface area (Å²) in [4.78, 5) is 12.0. The van der Waals surface area contributed by atoms with E-state index in [1.165, 1.54) is 11.1 Å². The highest BCUT2D eigenvalue weighted by Crippen LogP contribution is 2.20. The molecule has 20 heavy (non-hydrogen) atoms. The molecule has 2 aromatic rings. The third-order valence-electron chi connectivity index (χ3n) is 3.39. The van der Waals surface area contributed by atoms with Crippen LogP contribution >= 0.6 is 11.6 Å². The first kappa shape index (κ1) is 14.6. The average molecular weight is 288 g/mol. The van der Waals surface area contributed by atoms with Crippen LogP contribution in [-0.4, -0.2) is 5.91 Å². The number of carbonyl (C=O) groups is 1. The number of nitrogens with one attached hydrogen (secondary N) is 1. The highest BCUT2D eigenvalue weighted by atomic mass is 35.5. The summed E-state index contributed by atoms with van der Waals surface area (Å²) in [5.74, 6) is -0.0341. The van der Waals surface area contributed by atoms with Gasteiger partial charge in [0.15, 0.2) is 0 Å². The van der Waals surface area contributed by atoms with Crippen LogP contribution in [0.5, 0.6) is 0 Å². The van der Waals surface area contributed by atoms with Gasteiger partial charge in [0.2, 0.25) is 5.91 Å². The fourth-order valence-corrected chi connectivity index (χ4v) is 2.16. The number of hydrogen-bond acceptors (Lipinski definition) is 1. The lowest BCUT2D eigenvalue weighted by Crippen LogP contribution is -2.14. The minimum atomic E-state index is -0.0341. The second-order valence-electron chi connectivity index (χ2n) is 5.11. The van der Waals surface area contributed by atoms with Crippen molar-refractivity contribution in [3.05, 3.63) is 63.7 Å². The molecule has 0 aliphatic rings. The number of amides is 1. The molecule has 104 valence electrons. The first-order valence-electron chi connectivity index (χ1n) is 6.58. The minimum Gasteiger partial charge on any atom is -0.326 e. The summed E-state index contributed by atoms with van der Waals surface area (Å²) in [6.07, 6.45) is 0.368. The Hall–Kier alpha value is -1.80. The van der Waals surface area contributed by atoms with Gasteiger partial charge in [-0.1, -0.05) is 35.9 Å². The van der Waals surface area contributed by atoms with Crippen molar-refractivity contribution in [1.82, 2.24) is 0 Å². The van der Waals surface area contributed by atoms with Crippen LogP contribution in [0, 0.1) is 20.8 Å². The van der Waals surface area contributed by atoms with Crippen LogP contribution in [0.1, 0.15) is 22.3 Å². The van der Waals surface area contributed by atoms with Crippen LogP contribution in [0.3, 0.4) is 0 Å². The van der Waals surface area contributed by atoms with Crippen LogP contribution in [-0.2, 0) is 11.2 Å². The molecule has 0 bridgehead atoms. The third kappa shape index (κ3) is 3.61. The van der Waals surface area contributed by atoms with Gasteiger partial charge < -0.3 is 5.32 Å². The average Bonchev–Trinajstić information content (AvgIpc) is 2.38. The van der Waals surface area contributed by atoms with E-state index in [2.05, 4.69) is 25.2 Å². The third-order valence-corrected chi connectivity index (χ3v) is 3.80. The maximum absolute atomic E-state index is 12.0. The molecule has 0 saturated heterocycles. The lowest BCUT2D eigenvalue weighted by Gasteiger charge is -2.08. The minimum absolute atomic E-state index is 0.0341. The molecule has 2 nitrogen and oxygen atoms in total. The van der Waals surface area contributed by atoms with Crippen LogP contribution in [0.2, 0.25) is 5.02 Å². The van der Waals surface area contributed by atoms with Gasteiger partial charge in [0.1, 0.15) is 0 Å². The summed E-state index contributed by atoms with van der Waals surface area (Å²) < 4.78 is 0. The van der Waals surface area contributed by atoms with Crippen LogP contribution < -0.4 is 5.32 Å². The van der Waals surface area contributed by atoms with Gasteiger partial charge in [-0.25, -0.2) is 0 Å². The number of carbonyl (C=O) groups excluding carboxylic acids is 1. The highest BCUT2D eigenvalue weighted by molar-refractivity contribution is 6.31. The smallest absolute Gasteiger partial charge is 0.228 e. The lowest BCUT2D eigenvalue weighted by molar-refractivity contribution is -0.115. The number of anilines is 1. The fourth-order valence-electron chi connectivity index (χ4n) is 1.97. The standard InChI is InChI=1S/C17H18ClNO/c1-11-4-6-14(8-13(11)3)9-17(20)19-15-7-5-12(2)16(18)10-15/h4-8,10H,9H2,1-3H3,(H,19,20). The maximum atomic E-state index is 12.0. The number of halogens is 1. The summed E-state index contributed by atoms with van der Waals surface area (Å²) >= 11 is 6.04. The fraction of sp³-hybridized carbons (Fsp3) is 0.235. The molecule has 0 fully saturated rings. The van der Waals surface area contributed by atoms with Crippen molar-refractivity contribution in [2.24, 2.45) is 0 Å². The van der Waals surface area contributed by atoms with Gasteiger partial charge in [-0.3, -0.25) is 4.79 Å². The first-order valence-corrected chi connectivity index (χ1v) is 6.95. The molecule has 0 atom stereocenters. The van der Waals surface area contributed by atoms with E-state index in [0.29, 0.717) is 11.4 Å². The molecule has 0 radical (unpaired) electrons. The molecule has 3 heteroatoms. The molecule has 2 rings (SSSR count). The quantitative estimate of drug-likeness (QED) is 0.888. The number of rotatable bonds is 3. The molecule has 0 saturated carbocycles. The van der Waals surface area contributed by atoms with E-state index in [-0.39, 0.29) is 5.91 Å². The molecular formula is C17H18ClNO. The summed E-state index contributed by atoms with van der Waals surface area (Å²) in [5.41, 5.74) is 5.19. The Morgan fingerprint density at radius 3 is 2.35 bits per heavy atom. The van der Waals surface area contributed by atoms with Gasteiger partial charge in [0.05, 0.1) is 6.42 Å². The Balaban J connectivity index is 2.04. The Morgan fingerprint density at radius 1 is 1.00 bits per heavy atom. The molecular weight excluding hydrogens is 270 g/mol. The van der Waals surface area contributed by atoms with Crippen molar-refractivity contribution >= 4 is 23.2 Å². The molecule has 0 unspecified atom stereocenters. The van der Waals surface area contributed by atoms with Crippen molar-refractivity contribution in [3.8, 4) is 0 Å². The lowest BCUT2D eigenvalue weighted by atomic mass is 10.0. The van der Waals surface area contributed by atoms with Crippen molar-refractivity contribution < 1.29 is 4.79 Å². The monoisotopic (exact) mass is 287 g/mol. The van der Waals surface area contributed by atoms with Gasteiger partial charge in [-0.15, -0.1) is 0 Å². The molecule has 1 N–H and O–H groups in total. The van der Waals surface area contributed by atoms with Crippen molar-refractivity contribution in [1.29, 1.82) is 0 Å². The van der Waals surface area contributed by atoms with Gasteiger partial charge in [-0.05, 0) is 55.2 Å². The van der Waals surface area contributed by atoms with Crippen molar-refractivity contribution in [2.75, 3.05) is 5.32 Å². The predicted molar refractivity (Wildman–Crippen MR) is 84.4 cm³/mol. The second-order valence-corrected chi connectivity index (χ2v) is 5.51. The van der Waals surface area contributed by atoms with E-state index in [1.54, 1.807) is 6.07 Å². The van der Waals surface area contributed by atoms with E-state index in [4.69, 9.17) is 11.6 Å². The topological polar surface area (TPSA) is 29.1 Å². The summed E-state index contributed by atoms with van der Waals surface area (Å²) in [6, 6.07) is 11.6. The normalized spacial score (nSPS) is 10.4. The Kier molecular flexibility index (Phi) is 4.46. The van der Waals surface area contributed by atoms with Crippen molar-refractivity contribution in [2.45, 2.75) is 27.2 Å². The zero-order valence-electron chi connectivity index (χ0n) is 12.0. The highest BCUT2D eigenvalue weighted by Gasteiger charge is 2.06. The molecule has 0 aliphatic carbocycles. The molecule has 0 spiro atoms. The summed E-state index contributed by atoms with van der Waals surface area (Å²) in [5, 5.41) is 3.53. The summed E-state index contributed by atoms with van der Waals surface area (Å²) in [6.45, 7) is 6.05. The molecule has 0 aromatic heterocycles. The molecule has 0 heterocycles. The van der Waals surface area contributed by atoms with Crippen LogP contribution in [0.15, 0.2) is 36.4 Å². The van der Waals surface area contributed by atoms with Gasteiger partial charge >= 0.3 is 0 Å². The zero-order valence-corrected chi connectivity index (χ0v) is 12.7. The zero-order chi connectivity index (χ0) is 14.7. The van der Waals surface area contributed by atoms with E-state index < -0.39 is 0 Å². The predicted octanol–water partition coefficient (Wildman–Crippen LogP) is 4.45. The van der Waals surface area contributed by atoms with Gasteiger partial charge in [-0.2, -0.15) is 0 Å². The van der Waals surface area contributed by atoms with E-state index in [9.17, 15) is 4.79 Å². The molecule has 2 aromatic carbocycles. The number of hydrogen-bond donors (Lipinski definition) is 1. The molecule has 1 amide bonds. The SMILES string of the molecule is Cc1ccc(CC(=O)Nc2ccc(C)c(Cl)c2)cc1C. The Bertz CT molecular complexity index is 594. The Labute approximate surface area is 124 Å². The van der Waals surface area contributed by atoms with E-state index >= 15 is 0 Å². The van der Waals surface area contributed by atoms with E-state index in [0.717, 1.165) is 16.8 Å². The largest absolute Gasteiger partial charge is 0.326 e.